The van der Waals surface area contributed by atoms with Crippen LogP contribution in [0.15, 0.2) is 36.4 Å². The van der Waals surface area contributed by atoms with Crippen molar-refractivity contribution in [2.75, 3.05) is 18.4 Å². The molecule has 0 radical (unpaired) electrons. The molecule has 0 aromatic heterocycles. The van der Waals surface area contributed by atoms with Crippen LogP contribution in [0.1, 0.15) is 40.7 Å². The Hall–Kier alpha value is -0.744. The summed E-state index contributed by atoms with van der Waals surface area (Å²) in [6.45, 7) is 1.52. The zero-order valence-electron chi connectivity index (χ0n) is 17.9. The average Bonchev–Trinajstić information content (AvgIpc) is 3.33. The summed E-state index contributed by atoms with van der Waals surface area (Å²) in [4.78, 5) is 14.6. The molecule has 0 spiro atoms. The molecule has 1 heterocycles. The van der Waals surface area contributed by atoms with Gasteiger partial charge in [-0.1, -0.05) is 36.4 Å². The number of nitrogens with one attached hydrogen (secondary N) is 1. The first-order chi connectivity index (χ1) is 14.5. The molecule has 1 aliphatic heterocycles. The van der Waals surface area contributed by atoms with E-state index >= 15 is 0 Å². The van der Waals surface area contributed by atoms with E-state index in [0.29, 0.717) is 19.6 Å². The van der Waals surface area contributed by atoms with Crippen LogP contribution in [0.4, 0.5) is 10.5 Å². The maximum atomic E-state index is 12.6. The monoisotopic (exact) mass is 463 g/mol. The van der Waals surface area contributed by atoms with Gasteiger partial charge in [0.15, 0.2) is 16.1 Å². The molecular formula is C23H26KN3O3S. The van der Waals surface area contributed by atoms with Gasteiger partial charge in [0, 0.05) is 19.6 Å². The summed E-state index contributed by atoms with van der Waals surface area (Å²) in [5.74, 6) is 0. The molecule has 2 aliphatic carbocycles. The zero-order chi connectivity index (χ0) is 20.7. The van der Waals surface area contributed by atoms with Crippen molar-refractivity contribution < 1.29 is 64.6 Å². The Morgan fingerprint density at radius 1 is 1.00 bits per heavy atom. The normalized spacial score (nSPS) is 17.9. The minimum Gasteiger partial charge on any atom is -0.423 e. The Labute approximate surface area is 226 Å². The number of fused-ring (bicyclic) bond motifs is 2. The van der Waals surface area contributed by atoms with Gasteiger partial charge in [-0.15, -0.1) is 0 Å². The molecule has 0 saturated carbocycles. The Bertz CT molecular complexity index is 1050. The second-order valence-electron chi connectivity index (χ2n) is 8.57. The molecule has 1 N–H and O–H groups in total. The van der Waals surface area contributed by atoms with Gasteiger partial charge in [0.1, 0.15) is 0 Å². The van der Waals surface area contributed by atoms with Gasteiger partial charge in [-0.25, -0.2) is 8.42 Å². The van der Waals surface area contributed by atoms with Crippen molar-refractivity contribution in [2.45, 2.75) is 50.3 Å². The molecule has 8 heteroatoms. The number of hydrogen-bond acceptors (Lipinski definition) is 4. The van der Waals surface area contributed by atoms with Crippen molar-refractivity contribution >= 4 is 21.7 Å². The van der Waals surface area contributed by atoms with E-state index in [4.69, 9.17) is 0 Å². The molecule has 0 bridgehead atoms. The number of carbonyl (C=O) groups is 1. The van der Waals surface area contributed by atoms with E-state index in [1.165, 1.54) is 22.3 Å². The van der Waals surface area contributed by atoms with Crippen LogP contribution in [0.3, 0.4) is 0 Å². The van der Waals surface area contributed by atoms with Crippen LogP contribution >= 0.6 is 0 Å². The summed E-state index contributed by atoms with van der Waals surface area (Å²) in [5.41, 5.74) is 6.92. The fourth-order valence-corrected chi connectivity index (χ4v) is 6.19. The van der Waals surface area contributed by atoms with Crippen LogP contribution in [0.2, 0.25) is 0 Å². The van der Waals surface area contributed by atoms with E-state index in [1.54, 1.807) is 0 Å². The van der Waals surface area contributed by atoms with Crippen molar-refractivity contribution in [3.63, 3.8) is 0 Å². The molecule has 5 rings (SSSR count). The number of urea groups is 1. The number of nitrogens with zero attached hydrogens (tertiary/aromatic N) is 2. The van der Waals surface area contributed by atoms with Crippen LogP contribution in [-0.2, 0) is 42.3 Å². The van der Waals surface area contributed by atoms with Crippen LogP contribution < -0.4 is 56.7 Å². The predicted octanol–water partition coefficient (Wildman–Crippen LogP) is 0.788. The van der Waals surface area contributed by atoms with Crippen molar-refractivity contribution in [3.8, 4) is 0 Å². The van der Waals surface area contributed by atoms with E-state index in [1.807, 2.05) is 30.3 Å². The average molecular weight is 464 g/mol. The molecule has 0 unspecified atom stereocenters. The van der Waals surface area contributed by atoms with Gasteiger partial charge in [-0.3, -0.25) is 9.69 Å². The number of carbonyl (C=O) groups excluding carboxylic acids is 1. The third-order valence-electron chi connectivity index (χ3n) is 6.51. The third-order valence-corrected chi connectivity index (χ3v) is 8.07. The fourth-order valence-electron chi connectivity index (χ4n) is 4.97. The topological polar surface area (TPSA) is 80.6 Å². The van der Waals surface area contributed by atoms with Crippen molar-refractivity contribution in [3.05, 3.63) is 68.9 Å². The summed E-state index contributed by atoms with van der Waals surface area (Å²) in [6, 6.07) is 11.5. The number of anilines is 1. The van der Waals surface area contributed by atoms with Gasteiger partial charge in [-0.05, 0) is 72.0 Å². The zero-order valence-corrected chi connectivity index (χ0v) is 21.9. The molecule has 1 fully saturated rings. The molecular weight excluding hydrogens is 437 g/mol. The minimum atomic E-state index is -3.82. The molecule has 158 valence electrons. The summed E-state index contributed by atoms with van der Waals surface area (Å²) in [5, 5.41) is 2.24. The number of benzene rings is 2. The molecule has 3 aliphatic rings. The largest absolute Gasteiger partial charge is 1.00 e. The van der Waals surface area contributed by atoms with Crippen LogP contribution in [0.25, 0.3) is 4.72 Å². The third kappa shape index (κ3) is 4.95. The van der Waals surface area contributed by atoms with Crippen molar-refractivity contribution in [1.29, 1.82) is 0 Å². The van der Waals surface area contributed by atoms with Crippen LogP contribution in [0, 0.1) is 0 Å². The number of aryl methyl sites for hydroxylation is 2. The second-order valence-corrected chi connectivity index (χ2v) is 10.5. The van der Waals surface area contributed by atoms with E-state index in [0.717, 1.165) is 49.8 Å². The molecule has 6 nitrogen and oxygen atoms in total. The Morgan fingerprint density at radius 2 is 1.61 bits per heavy atom. The quantitative estimate of drug-likeness (QED) is 0.665. The maximum Gasteiger partial charge on any atom is 1.00 e. The first-order valence-corrected chi connectivity index (χ1v) is 12.2. The van der Waals surface area contributed by atoms with Gasteiger partial charge in [0.05, 0.1) is 5.25 Å². The summed E-state index contributed by atoms with van der Waals surface area (Å²) >= 11 is 0. The Morgan fingerprint density at radius 3 is 2.23 bits per heavy atom. The van der Waals surface area contributed by atoms with E-state index in [9.17, 15) is 13.2 Å². The fraction of sp³-hybridized carbons (Fsp3) is 0.435. The van der Waals surface area contributed by atoms with Gasteiger partial charge >= 0.3 is 51.4 Å². The van der Waals surface area contributed by atoms with Gasteiger partial charge in [0.25, 0.3) is 0 Å². The van der Waals surface area contributed by atoms with Gasteiger partial charge in [-0.2, -0.15) is 0 Å². The van der Waals surface area contributed by atoms with Crippen molar-refractivity contribution in [1.82, 2.24) is 4.90 Å². The van der Waals surface area contributed by atoms with Crippen molar-refractivity contribution in [2.24, 2.45) is 0 Å². The first-order valence-electron chi connectivity index (χ1n) is 10.7. The van der Waals surface area contributed by atoms with E-state index < -0.39 is 21.3 Å². The summed E-state index contributed by atoms with van der Waals surface area (Å²) in [7, 11) is -3.82. The van der Waals surface area contributed by atoms with Crippen LogP contribution in [0.5, 0.6) is 0 Å². The molecule has 1 saturated heterocycles. The Kier molecular flexibility index (Phi) is 7.27. The number of amides is 2. The molecule has 2 aromatic rings. The number of hydrogen-bond donors (Lipinski definition) is 1. The SMILES string of the molecule is O=C([N-]S(=O)(=O)C1CN(Cc2ccccc2)C1)Nc1c2c(cc3c1CCC3)CCC2.[K+]. The predicted molar refractivity (Wildman–Crippen MR) is 117 cm³/mol. The van der Waals surface area contributed by atoms with Gasteiger partial charge < -0.3 is 10.0 Å². The van der Waals surface area contributed by atoms with Crippen LogP contribution in [-0.4, -0.2) is 37.7 Å². The number of likely N-dealkylation sites (tertiary alicyclic amines) is 1. The number of sulfonamides is 1. The smallest absolute Gasteiger partial charge is 0.423 e. The minimum absolute atomic E-state index is 0. The first kappa shape index (κ1) is 23.4. The van der Waals surface area contributed by atoms with E-state index in [2.05, 4.69) is 21.0 Å². The molecule has 31 heavy (non-hydrogen) atoms. The maximum absolute atomic E-state index is 12.6. The number of rotatable bonds is 5. The second kappa shape index (κ2) is 9.63. The van der Waals surface area contributed by atoms with E-state index in [-0.39, 0.29) is 51.4 Å². The molecule has 0 atom stereocenters. The summed E-state index contributed by atoms with van der Waals surface area (Å²) < 4.78 is 28.9. The summed E-state index contributed by atoms with van der Waals surface area (Å²) in [6.07, 6.45) is 6.08. The standard InChI is InChI=1S/C23H27N3O3S.K/c27-23(24-22-20-10-4-8-17(20)12-18-9-5-11-21(18)22)25-30(28,29)19-14-26(15-19)13-16-6-2-1-3-7-16;/h1-3,6-7,12,19H,4-5,8-11,13-15H2,(H2,24,25,27);/q;+1/p-1. The van der Waals surface area contributed by atoms with Gasteiger partial charge in [0.2, 0.25) is 0 Å². The Balaban J connectivity index is 0.00000231. The molecule has 2 amide bonds. The molecule has 2 aromatic carbocycles.